The number of hydrogen-bond donors (Lipinski definition) is 3. The van der Waals surface area contributed by atoms with Gasteiger partial charge < -0.3 is 25.9 Å². The number of anilines is 1. The number of oxime groups is 1. The van der Waals surface area contributed by atoms with Crippen LogP contribution in [0.4, 0.5) is 5.13 Å². The first-order chi connectivity index (χ1) is 13.3. The van der Waals surface area contributed by atoms with E-state index in [-0.39, 0.29) is 38.6 Å². The number of nitrogens with one attached hydrogen (secondary N) is 1. The highest BCUT2D eigenvalue weighted by Crippen LogP contribution is 2.40. The van der Waals surface area contributed by atoms with Gasteiger partial charge in [0.2, 0.25) is 0 Å². The third kappa shape index (κ3) is 3.83. The molecule has 3 rings (SSSR count). The summed E-state index contributed by atoms with van der Waals surface area (Å²) in [6, 6.07) is -0.793. The van der Waals surface area contributed by atoms with Crippen molar-refractivity contribution in [2.24, 2.45) is 5.16 Å². The van der Waals surface area contributed by atoms with Crippen molar-refractivity contribution in [3.05, 3.63) is 22.8 Å². The first-order valence-corrected chi connectivity index (χ1v) is 10.3. The van der Waals surface area contributed by atoms with Gasteiger partial charge in [0, 0.05) is 16.8 Å². The minimum Gasteiger partial charge on any atom is -0.478 e. The molecule has 0 saturated carbocycles. The smallest absolute Gasteiger partial charge is 0.334 e. The standard InChI is InChI=1S/C16H19N5O5S2/c1-3-4-26-20-10(9-6-27-16(17)18-9)12(22)19-11-13(23)21-5-8(15(24)25)7(2)28-14(11)21/h5-7,11,14H,3-4H2,1-2H3,(H2,17,18)(H,19,22)(H,24,25)/t7?,11?,14-/m1/s1. The van der Waals surface area contributed by atoms with Crippen molar-refractivity contribution in [2.75, 3.05) is 12.3 Å². The van der Waals surface area contributed by atoms with Crippen molar-refractivity contribution in [1.29, 1.82) is 0 Å². The maximum absolute atomic E-state index is 12.7. The Hall–Kier alpha value is -2.60. The number of hydrogen-bond acceptors (Lipinski definition) is 9. The van der Waals surface area contributed by atoms with E-state index in [0.717, 1.165) is 11.3 Å². The van der Waals surface area contributed by atoms with Crippen LogP contribution < -0.4 is 11.1 Å². The maximum Gasteiger partial charge on any atom is 0.334 e. The van der Waals surface area contributed by atoms with Gasteiger partial charge in [-0.15, -0.1) is 23.1 Å². The number of carbonyl (C=O) groups is 3. The molecule has 0 aromatic carbocycles. The summed E-state index contributed by atoms with van der Waals surface area (Å²) >= 11 is 2.45. The van der Waals surface area contributed by atoms with Gasteiger partial charge in [0.1, 0.15) is 23.7 Å². The third-order valence-corrected chi connectivity index (χ3v) is 6.22. The molecule has 12 heteroatoms. The van der Waals surface area contributed by atoms with E-state index in [4.69, 9.17) is 10.6 Å². The van der Waals surface area contributed by atoms with Crippen LogP contribution in [0, 0.1) is 0 Å². The fraction of sp³-hybridized carbons (Fsp3) is 0.438. The van der Waals surface area contributed by atoms with E-state index in [0.29, 0.717) is 13.0 Å². The van der Waals surface area contributed by atoms with Crippen molar-refractivity contribution >= 4 is 51.7 Å². The number of nitrogens with zero attached hydrogens (tertiary/aromatic N) is 3. The Kier molecular flexibility index (Phi) is 5.89. The van der Waals surface area contributed by atoms with Gasteiger partial charge in [-0.05, 0) is 13.3 Å². The molecule has 2 aliphatic rings. The lowest BCUT2D eigenvalue weighted by molar-refractivity contribution is -0.144. The quantitative estimate of drug-likeness (QED) is 0.249. The number of β-lactam (4-membered cyclic amide) rings is 1. The topological polar surface area (TPSA) is 147 Å². The number of rotatable bonds is 7. The molecule has 2 amide bonds. The normalized spacial score (nSPS) is 24.1. The molecule has 1 saturated heterocycles. The fourth-order valence-electron chi connectivity index (χ4n) is 2.68. The molecule has 1 aromatic rings. The lowest BCUT2D eigenvalue weighted by Crippen LogP contribution is -2.69. The largest absolute Gasteiger partial charge is 0.478 e. The van der Waals surface area contributed by atoms with Gasteiger partial charge in [-0.2, -0.15) is 0 Å². The minimum atomic E-state index is -1.07. The lowest BCUT2D eigenvalue weighted by Gasteiger charge is -2.48. The fourth-order valence-corrected chi connectivity index (χ4v) is 4.59. The summed E-state index contributed by atoms with van der Waals surface area (Å²) in [7, 11) is 0. The van der Waals surface area contributed by atoms with Gasteiger partial charge in [-0.3, -0.25) is 9.59 Å². The molecule has 28 heavy (non-hydrogen) atoms. The summed E-state index contributed by atoms with van der Waals surface area (Å²) in [6.07, 6.45) is 2.04. The number of carbonyl (C=O) groups excluding carboxylic acids is 2. The summed E-state index contributed by atoms with van der Waals surface area (Å²) in [5.41, 5.74) is 5.97. The Morgan fingerprint density at radius 2 is 2.25 bits per heavy atom. The van der Waals surface area contributed by atoms with Crippen LogP contribution in [0.1, 0.15) is 26.0 Å². The Morgan fingerprint density at radius 1 is 1.50 bits per heavy atom. The second kappa shape index (κ2) is 8.19. The number of thioether (sulfide) groups is 1. The van der Waals surface area contributed by atoms with E-state index in [2.05, 4.69) is 15.5 Å². The van der Waals surface area contributed by atoms with Gasteiger partial charge in [-0.1, -0.05) is 12.1 Å². The number of carboxylic acids is 1. The van der Waals surface area contributed by atoms with Crippen LogP contribution >= 0.6 is 23.1 Å². The zero-order chi connectivity index (χ0) is 20.4. The predicted octanol–water partition coefficient (Wildman–Crippen LogP) is 0.613. The molecular weight excluding hydrogens is 406 g/mol. The zero-order valence-electron chi connectivity index (χ0n) is 15.1. The molecule has 1 fully saturated rings. The SMILES string of the molecule is CCCON=C(C(=O)NC1C(=O)N2C=C(C(=O)O)C(C)S[C@H]12)c1csc(N)n1. The summed E-state index contributed by atoms with van der Waals surface area (Å²) < 4.78 is 0. The molecule has 0 aliphatic carbocycles. The summed E-state index contributed by atoms with van der Waals surface area (Å²) in [5, 5.41) is 16.9. The van der Waals surface area contributed by atoms with E-state index < -0.39 is 17.9 Å². The Morgan fingerprint density at radius 3 is 2.86 bits per heavy atom. The van der Waals surface area contributed by atoms with Crippen LogP contribution in [0.3, 0.4) is 0 Å². The van der Waals surface area contributed by atoms with Crippen LogP contribution in [-0.4, -0.2) is 61.8 Å². The summed E-state index contributed by atoms with van der Waals surface area (Å²) in [5.74, 6) is -2.06. The lowest BCUT2D eigenvalue weighted by atomic mass is 10.1. The van der Waals surface area contributed by atoms with Gasteiger partial charge in [0.05, 0.1) is 5.57 Å². The van der Waals surface area contributed by atoms with Crippen LogP contribution in [0.25, 0.3) is 0 Å². The molecular formula is C16H19N5O5S2. The van der Waals surface area contributed by atoms with Gasteiger partial charge >= 0.3 is 5.97 Å². The van der Waals surface area contributed by atoms with E-state index >= 15 is 0 Å². The van der Waals surface area contributed by atoms with Gasteiger partial charge in [0.15, 0.2) is 10.8 Å². The van der Waals surface area contributed by atoms with E-state index in [9.17, 15) is 19.5 Å². The average Bonchev–Trinajstić information content (AvgIpc) is 3.08. The highest BCUT2D eigenvalue weighted by Gasteiger charge is 2.51. The number of aliphatic carboxylic acids is 1. The number of amides is 2. The zero-order valence-corrected chi connectivity index (χ0v) is 16.7. The number of nitrogens with two attached hydrogens (primary N) is 1. The molecule has 10 nitrogen and oxygen atoms in total. The molecule has 4 N–H and O–H groups in total. The second-order valence-corrected chi connectivity index (χ2v) is 8.45. The molecule has 150 valence electrons. The summed E-state index contributed by atoms with van der Waals surface area (Å²) in [6.45, 7) is 3.97. The van der Waals surface area contributed by atoms with Crippen molar-refractivity contribution < 1.29 is 24.3 Å². The Bertz CT molecular complexity index is 867. The number of fused-ring (bicyclic) bond motifs is 1. The molecule has 2 aliphatic heterocycles. The molecule has 0 spiro atoms. The molecule has 0 radical (unpaired) electrons. The van der Waals surface area contributed by atoms with Crippen LogP contribution in [-0.2, 0) is 19.2 Å². The van der Waals surface area contributed by atoms with E-state index in [1.807, 2.05) is 6.92 Å². The van der Waals surface area contributed by atoms with E-state index in [1.54, 1.807) is 12.3 Å². The molecule has 2 unspecified atom stereocenters. The van der Waals surface area contributed by atoms with Crippen molar-refractivity contribution in [2.45, 2.75) is 36.9 Å². The first-order valence-electron chi connectivity index (χ1n) is 8.48. The second-order valence-electron chi connectivity index (χ2n) is 6.10. The van der Waals surface area contributed by atoms with Crippen molar-refractivity contribution in [3.63, 3.8) is 0 Å². The third-order valence-electron chi connectivity index (χ3n) is 4.10. The molecule has 3 atom stereocenters. The highest BCUT2D eigenvalue weighted by atomic mass is 32.2. The maximum atomic E-state index is 12.7. The Labute approximate surface area is 168 Å². The van der Waals surface area contributed by atoms with Crippen molar-refractivity contribution in [3.8, 4) is 0 Å². The van der Waals surface area contributed by atoms with Crippen LogP contribution in [0.2, 0.25) is 0 Å². The molecule has 0 bridgehead atoms. The number of aromatic nitrogens is 1. The van der Waals surface area contributed by atoms with Crippen LogP contribution in [0.5, 0.6) is 0 Å². The van der Waals surface area contributed by atoms with E-state index in [1.165, 1.54) is 22.9 Å². The highest BCUT2D eigenvalue weighted by molar-refractivity contribution is 8.00. The predicted molar refractivity (Wildman–Crippen MR) is 105 cm³/mol. The average molecular weight is 425 g/mol. The molecule has 1 aromatic heterocycles. The Balaban J connectivity index is 1.75. The first kappa shape index (κ1) is 20.1. The minimum absolute atomic E-state index is 0.0664. The number of carboxylic acid groups (broad SMARTS) is 1. The number of nitrogen functional groups attached to an aromatic ring is 1. The molecule has 3 heterocycles. The van der Waals surface area contributed by atoms with Gasteiger partial charge in [-0.25, -0.2) is 9.78 Å². The van der Waals surface area contributed by atoms with Crippen molar-refractivity contribution in [1.82, 2.24) is 15.2 Å². The van der Waals surface area contributed by atoms with Gasteiger partial charge in [0.25, 0.3) is 11.8 Å². The summed E-state index contributed by atoms with van der Waals surface area (Å²) in [4.78, 5) is 46.9. The number of thiazole rings is 1. The van der Waals surface area contributed by atoms with Crippen LogP contribution in [0.15, 0.2) is 22.3 Å². The monoisotopic (exact) mass is 425 g/mol.